The highest BCUT2D eigenvalue weighted by Gasteiger charge is 2.29. The van der Waals surface area contributed by atoms with Crippen LogP contribution in [0.1, 0.15) is 49.9 Å². The normalized spacial score (nSPS) is 17.2. The Morgan fingerprint density at radius 3 is 2.37 bits per heavy atom. The van der Waals surface area contributed by atoms with Gasteiger partial charge in [0.2, 0.25) is 15.0 Å². The van der Waals surface area contributed by atoms with Crippen molar-refractivity contribution in [3.63, 3.8) is 0 Å². The molecule has 0 spiro atoms. The molecular weight excluding hydrogens is 382 g/mol. The molecule has 3 aromatic rings. The van der Waals surface area contributed by atoms with Gasteiger partial charge in [0.05, 0.1) is 6.26 Å². The average Bonchev–Trinajstić information content (AvgIpc) is 3.22. The Labute approximate surface area is 163 Å². The van der Waals surface area contributed by atoms with Crippen molar-refractivity contribution in [3.05, 3.63) is 35.7 Å². The minimum Gasteiger partial charge on any atom is -0.213 e. The highest BCUT2D eigenvalue weighted by atomic mass is 32.2. The second-order valence-electron chi connectivity index (χ2n) is 7.37. The summed E-state index contributed by atoms with van der Waals surface area (Å²) in [5, 5.41) is 14.3. The van der Waals surface area contributed by atoms with Crippen LogP contribution in [0.2, 0.25) is 0 Å². The smallest absolute Gasteiger partial charge is 0.213 e. The summed E-state index contributed by atoms with van der Waals surface area (Å²) in [5.41, 5.74) is 2.38. The van der Waals surface area contributed by atoms with Gasteiger partial charge in [0, 0.05) is 24.6 Å². The van der Waals surface area contributed by atoms with Crippen molar-refractivity contribution in [1.29, 1.82) is 0 Å². The van der Waals surface area contributed by atoms with E-state index < -0.39 is 10.0 Å². The summed E-state index contributed by atoms with van der Waals surface area (Å²) in [5.74, 6) is 1.51. The number of nitrogens with zero attached hydrogens (tertiary/aromatic N) is 5. The van der Waals surface area contributed by atoms with Gasteiger partial charge >= 0.3 is 0 Å². The van der Waals surface area contributed by atoms with E-state index in [0.717, 1.165) is 34.2 Å². The van der Waals surface area contributed by atoms with Crippen molar-refractivity contribution < 1.29 is 8.42 Å². The molecule has 0 aliphatic carbocycles. The number of fused-ring (bicyclic) bond motifs is 1. The van der Waals surface area contributed by atoms with Crippen LogP contribution in [0.25, 0.3) is 15.5 Å². The summed E-state index contributed by atoms with van der Waals surface area (Å²) in [6.07, 6.45) is 2.74. The fourth-order valence-electron chi connectivity index (χ4n) is 3.46. The maximum atomic E-state index is 11.7. The van der Waals surface area contributed by atoms with E-state index in [-0.39, 0.29) is 5.92 Å². The highest BCUT2D eigenvalue weighted by molar-refractivity contribution is 7.88. The molecule has 0 N–H and O–H groups in total. The molecule has 0 bridgehead atoms. The summed E-state index contributed by atoms with van der Waals surface area (Å²) in [7, 11) is -3.13. The van der Waals surface area contributed by atoms with Crippen molar-refractivity contribution in [2.24, 2.45) is 0 Å². The monoisotopic (exact) mass is 405 g/mol. The molecule has 0 atom stereocenters. The standard InChI is InChI=1S/C18H23N5O2S2/c1-12(2)13-4-6-15(7-5-13)17-21-23-16(19-20-18(23)26-17)14-8-10-22(11-9-14)27(3,24)25/h4-7,12,14H,8-11H2,1-3H3. The van der Waals surface area contributed by atoms with E-state index in [9.17, 15) is 8.42 Å². The number of aromatic nitrogens is 4. The molecule has 7 nitrogen and oxygen atoms in total. The summed E-state index contributed by atoms with van der Waals surface area (Å²) in [6.45, 7) is 5.40. The number of benzene rings is 1. The fraction of sp³-hybridized carbons (Fsp3) is 0.500. The molecule has 1 aliphatic heterocycles. The predicted molar refractivity (Wildman–Crippen MR) is 107 cm³/mol. The topological polar surface area (TPSA) is 80.5 Å². The lowest BCUT2D eigenvalue weighted by Crippen LogP contribution is -2.37. The van der Waals surface area contributed by atoms with Crippen molar-refractivity contribution in [2.75, 3.05) is 19.3 Å². The maximum Gasteiger partial charge on any atom is 0.234 e. The van der Waals surface area contributed by atoms with Gasteiger partial charge in [-0.1, -0.05) is 49.4 Å². The molecule has 1 aromatic carbocycles. The van der Waals surface area contributed by atoms with Crippen molar-refractivity contribution in [2.45, 2.75) is 38.5 Å². The molecule has 1 fully saturated rings. The Morgan fingerprint density at radius 1 is 1.11 bits per heavy atom. The third kappa shape index (κ3) is 3.63. The van der Waals surface area contributed by atoms with Gasteiger partial charge in [-0.3, -0.25) is 0 Å². The molecule has 1 aliphatic rings. The van der Waals surface area contributed by atoms with Crippen LogP contribution in [-0.2, 0) is 10.0 Å². The molecule has 0 amide bonds. The SMILES string of the molecule is CC(C)c1ccc(-c2nn3c(C4CCN(S(C)(=O)=O)CC4)nnc3s2)cc1. The number of hydrogen-bond acceptors (Lipinski definition) is 6. The average molecular weight is 406 g/mol. The number of sulfonamides is 1. The quantitative estimate of drug-likeness (QED) is 0.666. The van der Waals surface area contributed by atoms with Crippen LogP contribution in [0.15, 0.2) is 24.3 Å². The fourth-order valence-corrected chi connectivity index (χ4v) is 5.19. The minimum absolute atomic E-state index is 0.177. The molecule has 3 heterocycles. The summed E-state index contributed by atoms with van der Waals surface area (Å²) < 4.78 is 26.8. The van der Waals surface area contributed by atoms with Crippen molar-refractivity contribution in [3.8, 4) is 10.6 Å². The highest BCUT2D eigenvalue weighted by Crippen LogP contribution is 2.31. The number of rotatable bonds is 4. The van der Waals surface area contributed by atoms with E-state index in [4.69, 9.17) is 5.10 Å². The third-order valence-corrected chi connectivity index (χ3v) is 7.38. The second-order valence-corrected chi connectivity index (χ2v) is 10.3. The Kier molecular flexibility index (Phi) is 4.77. The van der Waals surface area contributed by atoms with E-state index in [0.29, 0.717) is 19.0 Å². The zero-order valence-electron chi connectivity index (χ0n) is 15.7. The minimum atomic E-state index is -3.13. The van der Waals surface area contributed by atoms with Gasteiger partial charge in [-0.05, 0) is 24.3 Å². The van der Waals surface area contributed by atoms with Gasteiger partial charge in [0.15, 0.2) is 5.82 Å². The van der Waals surface area contributed by atoms with Crippen molar-refractivity contribution in [1.82, 2.24) is 24.1 Å². The van der Waals surface area contributed by atoms with E-state index >= 15 is 0 Å². The summed E-state index contributed by atoms with van der Waals surface area (Å²) in [6, 6.07) is 8.49. The number of piperidine rings is 1. The van der Waals surface area contributed by atoms with Crippen LogP contribution in [-0.4, -0.2) is 51.9 Å². The van der Waals surface area contributed by atoms with E-state index in [2.05, 4.69) is 48.3 Å². The van der Waals surface area contributed by atoms with Gasteiger partial charge in [0.25, 0.3) is 0 Å². The third-order valence-electron chi connectivity index (χ3n) is 5.13. The molecule has 0 unspecified atom stereocenters. The summed E-state index contributed by atoms with van der Waals surface area (Å²) in [4.78, 5) is 0.776. The van der Waals surface area contributed by atoms with Crippen LogP contribution >= 0.6 is 11.3 Å². The van der Waals surface area contributed by atoms with E-state index in [1.165, 1.54) is 27.5 Å². The maximum absolute atomic E-state index is 11.7. The first kappa shape index (κ1) is 18.5. The molecule has 27 heavy (non-hydrogen) atoms. The van der Waals surface area contributed by atoms with Crippen LogP contribution in [0.4, 0.5) is 0 Å². The molecule has 1 saturated heterocycles. The molecule has 4 rings (SSSR count). The van der Waals surface area contributed by atoms with Crippen LogP contribution in [0.3, 0.4) is 0 Å². The van der Waals surface area contributed by atoms with Crippen LogP contribution in [0, 0.1) is 0 Å². The largest absolute Gasteiger partial charge is 0.234 e. The van der Waals surface area contributed by atoms with Gasteiger partial charge in [-0.25, -0.2) is 12.7 Å². The van der Waals surface area contributed by atoms with E-state index in [1.54, 1.807) is 0 Å². The van der Waals surface area contributed by atoms with Crippen LogP contribution < -0.4 is 0 Å². The molecule has 9 heteroatoms. The lowest BCUT2D eigenvalue weighted by atomic mass is 9.97. The van der Waals surface area contributed by atoms with Gasteiger partial charge in [-0.15, -0.1) is 10.2 Å². The Morgan fingerprint density at radius 2 is 1.78 bits per heavy atom. The first-order valence-corrected chi connectivity index (χ1v) is 11.8. The molecular formula is C18H23N5O2S2. The zero-order chi connectivity index (χ0) is 19.2. The van der Waals surface area contributed by atoms with Gasteiger partial charge in [-0.2, -0.15) is 9.61 Å². The van der Waals surface area contributed by atoms with Gasteiger partial charge < -0.3 is 0 Å². The lowest BCUT2D eigenvalue weighted by Gasteiger charge is -2.28. The molecule has 0 radical (unpaired) electrons. The summed E-state index contributed by atoms with van der Waals surface area (Å²) >= 11 is 1.53. The Hall–Kier alpha value is -1.84. The lowest BCUT2D eigenvalue weighted by molar-refractivity contribution is 0.313. The second kappa shape index (κ2) is 6.96. The molecule has 144 valence electrons. The van der Waals surface area contributed by atoms with Crippen molar-refractivity contribution >= 4 is 26.3 Å². The predicted octanol–water partition coefficient (Wildman–Crippen LogP) is 3.12. The first-order chi connectivity index (χ1) is 12.8. The first-order valence-electron chi connectivity index (χ1n) is 9.10. The molecule has 0 saturated carbocycles. The Balaban J connectivity index is 1.58. The van der Waals surface area contributed by atoms with Gasteiger partial charge in [0.1, 0.15) is 5.01 Å². The number of hydrogen-bond donors (Lipinski definition) is 0. The van der Waals surface area contributed by atoms with E-state index in [1.807, 2.05) is 4.52 Å². The Bertz CT molecular complexity index is 1050. The zero-order valence-corrected chi connectivity index (χ0v) is 17.3. The molecule has 2 aromatic heterocycles. The van der Waals surface area contributed by atoms with Crippen LogP contribution in [0.5, 0.6) is 0 Å².